The van der Waals surface area contributed by atoms with Gasteiger partial charge in [-0.25, -0.2) is 4.98 Å². The molecule has 0 saturated heterocycles. The van der Waals surface area contributed by atoms with Gasteiger partial charge in [-0.15, -0.1) is 0 Å². The van der Waals surface area contributed by atoms with Crippen LogP contribution in [-0.2, 0) is 0 Å². The summed E-state index contributed by atoms with van der Waals surface area (Å²) in [6.45, 7) is 5.11. The van der Waals surface area contributed by atoms with E-state index in [1.165, 1.54) is 27.7 Å². The van der Waals surface area contributed by atoms with Gasteiger partial charge in [-0.3, -0.25) is 4.57 Å². The minimum atomic E-state index is 0.792. The minimum Gasteiger partial charge on any atom is -0.457 e. The van der Waals surface area contributed by atoms with Gasteiger partial charge < -0.3 is 14.5 Å². The summed E-state index contributed by atoms with van der Waals surface area (Å²) in [6, 6.07) is 25.3. The van der Waals surface area contributed by atoms with Crippen molar-refractivity contribution in [2.75, 3.05) is 13.6 Å². The molecule has 0 fully saturated rings. The molecule has 2 aromatic heterocycles. The number of hydrogen-bond donors (Lipinski definition) is 0. The Labute approximate surface area is 222 Å². The lowest BCUT2D eigenvalue weighted by molar-refractivity contribution is 0.422. The maximum atomic E-state index is 6.45. The van der Waals surface area contributed by atoms with Crippen molar-refractivity contribution < 1.29 is 4.74 Å². The first-order valence-corrected chi connectivity index (χ1v) is 12.9. The third-order valence-electron chi connectivity index (χ3n) is 7.56. The Morgan fingerprint density at radius 3 is 2.53 bits per heavy atom. The van der Waals surface area contributed by atoms with Crippen LogP contribution in [0.15, 0.2) is 109 Å². The number of aryl methyl sites for hydroxylation is 2. The van der Waals surface area contributed by atoms with Crippen LogP contribution in [0.2, 0.25) is 0 Å². The number of hydrogen-bond acceptors (Lipinski definition) is 4. The summed E-state index contributed by atoms with van der Waals surface area (Å²) in [5.74, 6) is 3.70. The van der Waals surface area contributed by atoms with Gasteiger partial charge in [0.2, 0.25) is 0 Å². The summed E-state index contributed by atoms with van der Waals surface area (Å²) in [4.78, 5) is 9.27. The number of fused-ring (bicyclic) bond motifs is 4. The standard InChI is InChI=1S/C33H28N4O/c1-22-17-32(34-20-23(22)2)37-29-12-5-4-11-27(29)28-15-14-26(19-30(28)37)38-25-10-8-9-24(18-25)31-21-36-16-7-6-13-33(36)35(31)3/h4-15,17-21H,16H2,1-3H3. The average molecular weight is 497 g/mol. The molecule has 0 bridgehead atoms. The van der Waals surface area contributed by atoms with Crippen LogP contribution >= 0.6 is 0 Å². The third kappa shape index (κ3) is 3.58. The van der Waals surface area contributed by atoms with E-state index in [2.05, 4.69) is 126 Å². The van der Waals surface area contributed by atoms with Gasteiger partial charge >= 0.3 is 0 Å². The normalized spacial score (nSPS) is 14.7. The third-order valence-corrected chi connectivity index (χ3v) is 7.56. The van der Waals surface area contributed by atoms with Gasteiger partial charge in [0, 0.05) is 48.4 Å². The van der Waals surface area contributed by atoms with E-state index < -0.39 is 0 Å². The summed E-state index contributed by atoms with van der Waals surface area (Å²) < 4.78 is 8.68. The highest BCUT2D eigenvalue weighted by atomic mass is 16.5. The molecule has 0 saturated carbocycles. The number of pyridine rings is 1. The van der Waals surface area contributed by atoms with Crippen molar-refractivity contribution in [3.8, 4) is 17.3 Å². The van der Waals surface area contributed by atoms with E-state index in [0.717, 1.165) is 46.2 Å². The molecule has 2 aliphatic heterocycles. The van der Waals surface area contributed by atoms with Crippen molar-refractivity contribution in [3.05, 3.63) is 126 Å². The van der Waals surface area contributed by atoms with Crippen molar-refractivity contribution in [1.82, 2.24) is 19.4 Å². The SMILES string of the molecule is Cc1cnc(-n2c3ccccc3c3ccc(Oc4cccc(C5=CN6CC=CC=C6N5C)c4)cc32)cc1C. The van der Waals surface area contributed by atoms with Gasteiger partial charge in [-0.2, -0.15) is 0 Å². The van der Waals surface area contributed by atoms with E-state index in [1.54, 1.807) is 0 Å². The highest BCUT2D eigenvalue weighted by Gasteiger charge is 2.25. The second-order valence-electron chi connectivity index (χ2n) is 9.97. The minimum absolute atomic E-state index is 0.792. The summed E-state index contributed by atoms with van der Waals surface area (Å²) in [5, 5.41) is 2.38. The van der Waals surface area contributed by atoms with E-state index >= 15 is 0 Å². The van der Waals surface area contributed by atoms with Gasteiger partial charge in [0.05, 0.1) is 16.7 Å². The van der Waals surface area contributed by atoms with E-state index in [1.807, 2.05) is 12.3 Å². The lowest BCUT2D eigenvalue weighted by Crippen LogP contribution is -2.22. The molecule has 5 aromatic rings. The molecule has 186 valence electrons. The van der Waals surface area contributed by atoms with E-state index in [4.69, 9.17) is 9.72 Å². The monoisotopic (exact) mass is 496 g/mol. The first-order valence-electron chi connectivity index (χ1n) is 12.9. The van der Waals surface area contributed by atoms with Crippen LogP contribution in [0.1, 0.15) is 16.7 Å². The Morgan fingerprint density at radius 2 is 1.66 bits per heavy atom. The zero-order chi connectivity index (χ0) is 25.8. The van der Waals surface area contributed by atoms with Gasteiger partial charge in [0.1, 0.15) is 23.1 Å². The molecule has 0 spiro atoms. The molecule has 4 heterocycles. The van der Waals surface area contributed by atoms with Crippen molar-refractivity contribution in [1.29, 1.82) is 0 Å². The topological polar surface area (TPSA) is 33.5 Å². The van der Waals surface area contributed by atoms with Crippen LogP contribution in [0.3, 0.4) is 0 Å². The molecule has 7 rings (SSSR count). The Hall–Kier alpha value is -4.77. The number of ether oxygens (including phenoxy) is 1. The average Bonchev–Trinajstić information content (AvgIpc) is 3.45. The van der Waals surface area contributed by atoms with Crippen molar-refractivity contribution in [2.24, 2.45) is 0 Å². The van der Waals surface area contributed by atoms with Crippen LogP contribution < -0.4 is 4.74 Å². The quantitative estimate of drug-likeness (QED) is 0.257. The molecule has 5 heteroatoms. The van der Waals surface area contributed by atoms with Crippen LogP contribution in [0.4, 0.5) is 0 Å². The number of nitrogens with zero attached hydrogens (tertiary/aromatic N) is 4. The predicted molar refractivity (Wildman–Crippen MR) is 154 cm³/mol. The van der Waals surface area contributed by atoms with E-state index in [-0.39, 0.29) is 0 Å². The molecule has 0 radical (unpaired) electrons. The van der Waals surface area contributed by atoms with Gasteiger partial charge in [0.15, 0.2) is 0 Å². The van der Waals surface area contributed by atoms with Crippen molar-refractivity contribution >= 4 is 27.5 Å². The Morgan fingerprint density at radius 1 is 0.816 bits per heavy atom. The molecule has 0 atom stereocenters. The number of allylic oxidation sites excluding steroid dienone is 2. The van der Waals surface area contributed by atoms with E-state index in [9.17, 15) is 0 Å². The fourth-order valence-corrected chi connectivity index (χ4v) is 5.41. The first kappa shape index (κ1) is 22.4. The van der Waals surface area contributed by atoms with E-state index in [0.29, 0.717) is 0 Å². The smallest absolute Gasteiger partial charge is 0.137 e. The Balaban J connectivity index is 1.28. The number of benzene rings is 3. The molecular formula is C33H28N4O. The molecular weight excluding hydrogens is 468 g/mol. The predicted octanol–water partition coefficient (Wildman–Crippen LogP) is 7.54. The highest BCUT2D eigenvalue weighted by Crippen LogP contribution is 2.37. The molecule has 3 aromatic carbocycles. The number of aromatic nitrogens is 2. The molecule has 2 aliphatic rings. The molecule has 38 heavy (non-hydrogen) atoms. The summed E-state index contributed by atoms with van der Waals surface area (Å²) in [5.41, 5.74) is 6.89. The van der Waals surface area contributed by atoms with Crippen molar-refractivity contribution in [2.45, 2.75) is 13.8 Å². The highest BCUT2D eigenvalue weighted by molar-refractivity contribution is 6.09. The summed E-state index contributed by atoms with van der Waals surface area (Å²) in [7, 11) is 2.11. The van der Waals surface area contributed by atoms with Gasteiger partial charge in [-0.05, 0) is 67.4 Å². The summed E-state index contributed by atoms with van der Waals surface area (Å²) in [6.07, 6.45) is 10.6. The molecule has 0 aliphatic carbocycles. The lowest BCUT2D eigenvalue weighted by atomic mass is 10.1. The van der Waals surface area contributed by atoms with Crippen LogP contribution in [0.25, 0.3) is 33.3 Å². The van der Waals surface area contributed by atoms with Gasteiger partial charge in [-0.1, -0.05) is 42.5 Å². The molecule has 0 amide bonds. The second-order valence-corrected chi connectivity index (χ2v) is 9.97. The van der Waals surface area contributed by atoms with Crippen LogP contribution in [-0.4, -0.2) is 32.9 Å². The lowest BCUT2D eigenvalue weighted by Gasteiger charge is -2.24. The Kier molecular flexibility index (Phi) is 5.11. The molecule has 0 unspecified atom stereocenters. The maximum absolute atomic E-state index is 6.45. The molecule has 5 nitrogen and oxygen atoms in total. The maximum Gasteiger partial charge on any atom is 0.137 e. The van der Waals surface area contributed by atoms with Crippen molar-refractivity contribution in [3.63, 3.8) is 0 Å². The van der Waals surface area contributed by atoms with Crippen LogP contribution in [0.5, 0.6) is 11.5 Å². The fraction of sp³-hybridized carbons (Fsp3) is 0.121. The zero-order valence-corrected chi connectivity index (χ0v) is 21.7. The molecule has 0 N–H and O–H groups in total. The van der Waals surface area contributed by atoms with Crippen LogP contribution in [0, 0.1) is 13.8 Å². The second kappa shape index (κ2) is 8.67. The first-order chi connectivity index (χ1) is 18.6. The zero-order valence-electron chi connectivity index (χ0n) is 21.7. The number of rotatable bonds is 4. The number of para-hydroxylation sites is 1. The Bertz CT molecular complexity index is 1820. The largest absolute Gasteiger partial charge is 0.457 e. The van der Waals surface area contributed by atoms with Gasteiger partial charge in [0.25, 0.3) is 0 Å². The summed E-state index contributed by atoms with van der Waals surface area (Å²) >= 11 is 0. The fourth-order valence-electron chi connectivity index (χ4n) is 5.41.